The zero-order valence-corrected chi connectivity index (χ0v) is 12.1. The Kier molecular flexibility index (Phi) is 4.44. The van der Waals surface area contributed by atoms with E-state index in [-0.39, 0.29) is 11.9 Å². The van der Waals surface area contributed by atoms with Crippen LogP contribution in [0.25, 0.3) is 0 Å². The molecule has 1 aromatic carbocycles. The Balaban J connectivity index is 2.15. The number of morpholine rings is 1. The van der Waals surface area contributed by atoms with Crippen LogP contribution >= 0.6 is 0 Å². The molecule has 1 saturated heterocycles. The molecule has 1 aliphatic rings. The van der Waals surface area contributed by atoms with Gasteiger partial charge in [-0.3, -0.25) is 4.72 Å². The number of benzene rings is 1. The number of sulfonamides is 1. The van der Waals surface area contributed by atoms with Gasteiger partial charge in [-0.05, 0) is 31.7 Å². The van der Waals surface area contributed by atoms with Crippen LogP contribution in [0.1, 0.15) is 18.6 Å². The summed E-state index contributed by atoms with van der Waals surface area (Å²) in [6.07, 6.45) is 0.00447. The van der Waals surface area contributed by atoms with Gasteiger partial charge >= 0.3 is 0 Å². The van der Waals surface area contributed by atoms with Gasteiger partial charge in [-0.1, -0.05) is 12.1 Å². The molecule has 106 valence electrons. The predicted octanol–water partition coefficient (Wildman–Crippen LogP) is 1.45. The Hall–Kier alpha value is -1.11. The third-order valence-corrected chi connectivity index (χ3v) is 4.49. The zero-order chi connectivity index (χ0) is 13.9. The molecule has 0 bridgehead atoms. The summed E-state index contributed by atoms with van der Waals surface area (Å²) < 4.78 is 31.4. The van der Waals surface area contributed by atoms with Gasteiger partial charge in [0.05, 0.1) is 18.5 Å². The molecule has 1 heterocycles. The normalized spacial score (nSPS) is 21.3. The molecule has 0 spiro atoms. The molecule has 5 nitrogen and oxygen atoms in total. The third kappa shape index (κ3) is 3.92. The largest absolute Gasteiger partial charge is 0.371 e. The first-order valence-corrected chi connectivity index (χ1v) is 8.06. The van der Waals surface area contributed by atoms with Gasteiger partial charge in [0.25, 0.3) is 0 Å². The maximum atomic E-state index is 11.6. The van der Waals surface area contributed by atoms with Crippen molar-refractivity contribution in [3.63, 3.8) is 0 Å². The number of ether oxygens (including phenoxy) is 1. The highest BCUT2D eigenvalue weighted by atomic mass is 32.2. The lowest BCUT2D eigenvalue weighted by Gasteiger charge is -2.30. The van der Waals surface area contributed by atoms with E-state index in [9.17, 15) is 8.42 Å². The fraction of sp³-hybridized carbons (Fsp3) is 0.538. The minimum absolute atomic E-state index is 0.00447. The first-order chi connectivity index (χ1) is 9.00. The lowest BCUT2D eigenvalue weighted by atomic mass is 10.1. The summed E-state index contributed by atoms with van der Waals surface area (Å²) in [6, 6.07) is 7.41. The van der Waals surface area contributed by atoms with Crippen molar-refractivity contribution in [2.24, 2.45) is 0 Å². The van der Waals surface area contributed by atoms with Crippen LogP contribution in [0.4, 0.5) is 5.69 Å². The van der Waals surface area contributed by atoms with Crippen LogP contribution in [0.15, 0.2) is 24.3 Å². The number of hydrogen-bond acceptors (Lipinski definition) is 4. The van der Waals surface area contributed by atoms with Gasteiger partial charge in [-0.2, -0.15) is 0 Å². The van der Waals surface area contributed by atoms with Crippen molar-refractivity contribution >= 4 is 15.7 Å². The zero-order valence-electron chi connectivity index (χ0n) is 11.3. The summed E-state index contributed by atoms with van der Waals surface area (Å²) in [5.41, 5.74) is 1.60. The van der Waals surface area contributed by atoms with E-state index >= 15 is 0 Å². The standard InChI is InChI=1S/C13H20N2O3S/c1-3-19(16,17)14-12-6-4-5-11(9-12)13-10-15(2)7-8-18-13/h4-6,9,13-14H,3,7-8,10H2,1-2H3. The van der Waals surface area contributed by atoms with E-state index in [0.29, 0.717) is 12.3 Å². The van der Waals surface area contributed by atoms with Crippen LogP contribution in [0, 0.1) is 0 Å². The van der Waals surface area contributed by atoms with E-state index in [2.05, 4.69) is 16.7 Å². The summed E-state index contributed by atoms with van der Waals surface area (Å²) in [6.45, 7) is 4.07. The van der Waals surface area contributed by atoms with E-state index < -0.39 is 10.0 Å². The molecule has 1 aliphatic heterocycles. The topological polar surface area (TPSA) is 58.6 Å². The van der Waals surface area contributed by atoms with Crippen LogP contribution in [0.5, 0.6) is 0 Å². The number of anilines is 1. The van der Waals surface area contributed by atoms with Crippen molar-refractivity contribution in [2.75, 3.05) is 37.2 Å². The molecule has 1 N–H and O–H groups in total. The quantitative estimate of drug-likeness (QED) is 0.909. The summed E-state index contributed by atoms with van der Waals surface area (Å²) in [4.78, 5) is 2.21. The molecule has 1 unspecified atom stereocenters. The van der Waals surface area contributed by atoms with Crippen LogP contribution in [-0.4, -0.2) is 45.8 Å². The molecular formula is C13H20N2O3S. The highest BCUT2D eigenvalue weighted by molar-refractivity contribution is 7.92. The molecule has 0 radical (unpaired) electrons. The fourth-order valence-corrected chi connectivity index (χ4v) is 2.66. The molecule has 1 aromatic rings. The highest BCUT2D eigenvalue weighted by Gasteiger charge is 2.20. The van der Waals surface area contributed by atoms with Gasteiger partial charge in [-0.25, -0.2) is 8.42 Å². The van der Waals surface area contributed by atoms with Crippen molar-refractivity contribution in [3.8, 4) is 0 Å². The van der Waals surface area contributed by atoms with E-state index in [1.165, 1.54) is 0 Å². The van der Waals surface area contributed by atoms with Crippen molar-refractivity contribution < 1.29 is 13.2 Å². The minimum atomic E-state index is -3.23. The second-order valence-electron chi connectivity index (χ2n) is 4.75. The van der Waals surface area contributed by atoms with Crippen LogP contribution in [0.3, 0.4) is 0 Å². The number of hydrogen-bond donors (Lipinski definition) is 1. The number of likely N-dealkylation sites (N-methyl/N-ethyl adjacent to an activating group) is 1. The van der Waals surface area contributed by atoms with Gasteiger partial charge in [0.1, 0.15) is 0 Å². The highest BCUT2D eigenvalue weighted by Crippen LogP contribution is 2.24. The first kappa shape index (κ1) is 14.3. The Labute approximate surface area is 114 Å². The van der Waals surface area contributed by atoms with E-state index in [0.717, 1.165) is 18.7 Å². The lowest BCUT2D eigenvalue weighted by molar-refractivity contribution is -0.0208. The SMILES string of the molecule is CCS(=O)(=O)Nc1cccc(C2CN(C)CCO2)c1. The summed E-state index contributed by atoms with van der Waals surface area (Å²) in [5, 5.41) is 0. The Bertz CT molecular complexity index is 530. The third-order valence-electron chi connectivity index (χ3n) is 3.18. The van der Waals surface area contributed by atoms with Crippen molar-refractivity contribution in [1.82, 2.24) is 4.90 Å². The molecular weight excluding hydrogens is 264 g/mol. The molecule has 1 fully saturated rings. The van der Waals surface area contributed by atoms with Gasteiger partial charge in [0.2, 0.25) is 10.0 Å². The van der Waals surface area contributed by atoms with Crippen LogP contribution < -0.4 is 4.72 Å². The van der Waals surface area contributed by atoms with Crippen molar-refractivity contribution in [2.45, 2.75) is 13.0 Å². The van der Waals surface area contributed by atoms with E-state index in [1.807, 2.05) is 18.2 Å². The molecule has 0 amide bonds. The average Bonchev–Trinajstić information content (AvgIpc) is 2.38. The van der Waals surface area contributed by atoms with E-state index in [1.54, 1.807) is 13.0 Å². The van der Waals surface area contributed by atoms with Crippen molar-refractivity contribution in [1.29, 1.82) is 0 Å². The maximum Gasteiger partial charge on any atom is 0.232 e. The molecule has 1 atom stereocenters. The Morgan fingerprint density at radius 3 is 2.95 bits per heavy atom. The Morgan fingerprint density at radius 2 is 2.26 bits per heavy atom. The molecule has 0 aliphatic carbocycles. The first-order valence-electron chi connectivity index (χ1n) is 6.41. The maximum absolute atomic E-state index is 11.6. The second kappa shape index (κ2) is 5.90. The lowest BCUT2D eigenvalue weighted by Crippen LogP contribution is -2.35. The molecule has 0 saturated carbocycles. The van der Waals surface area contributed by atoms with Crippen molar-refractivity contribution in [3.05, 3.63) is 29.8 Å². The number of nitrogens with one attached hydrogen (secondary N) is 1. The smallest absolute Gasteiger partial charge is 0.232 e. The van der Waals surface area contributed by atoms with Gasteiger partial charge in [0.15, 0.2) is 0 Å². The van der Waals surface area contributed by atoms with Crippen LogP contribution in [-0.2, 0) is 14.8 Å². The second-order valence-corrected chi connectivity index (χ2v) is 6.76. The minimum Gasteiger partial charge on any atom is -0.371 e. The van der Waals surface area contributed by atoms with Crippen LogP contribution in [0.2, 0.25) is 0 Å². The Morgan fingerprint density at radius 1 is 1.47 bits per heavy atom. The van der Waals surface area contributed by atoms with E-state index in [4.69, 9.17) is 4.74 Å². The molecule has 0 aromatic heterocycles. The molecule has 2 rings (SSSR count). The van der Waals surface area contributed by atoms with Gasteiger partial charge in [0, 0.05) is 18.8 Å². The average molecular weight is 284 g/mol. The number of nitrogens with zero attached hydrogens (tertiary/aromatic N) is 1. The molecule has 6 heteroatoms. The summed E-state index contributed by atoms with van der Waals surface area (Å²) in [5.74, 6) is 0.0693. The van der Waals surface area contributed by atoms with Gasteiger partial charge < -0.3 is 9.64 Å². The number of rotatable bonds is 4. The summed E-state index contributed by atoms with van der Waals surface area (Å²) >= 11 is 0. The fourth-order valence-electron chi connectivity index (χ4n) is 2.03. The van der Waals surface area contributed by atoms with Gasteiger partial charge in [-0.15, -0.1) is 0 Å². The summed E-state index contributed by atoms with van der Waals surface area (Å²) in [7, 11) is -1.18. The monoisotopic (exact) mass is 284 g/mol. The molecule has 19 heavy (non-hydrogen) atoms. The predicted molar refractivity (Wildman–Crippen MR) is 75.7 cm³/mol.